The van der Waals surface area contributed by atoms with Gasteiger partial charge in [-0.2, -0.15) is 5.10 Å². The summed E-state index contributed by atoms with van der Waals surface area (Å²) >= 11 is 0. The van der Waals surface area contributed by atoms with E-state index < -0.39 is 9.84 Å². The molecule has 2 aromatic carbocycles. The summed E-state index contributed by atoms with van der Waals surface area (Å²) in [5.74, 6) is -0.374. The minimum Gasteiger partial charge on any atom is -0.321 e. The predicted octanol–water partition coefficient (Wildman–Crippen LogP) is 3.14. The van der Waals surface area contributed by atoms with E-state index in [1.54, 1.807) is 47.1 Å². The lowest BCUT2D eigenvalue weighted by molar-refractivity contribution is 0.102. The molecule has 0 unspecified atom stereocenters. The lowest BCUT2D eigenvalue weighted by atomic mass is 10.2. The molecule has 0 spiro atoms. The van der Waals surface area contributed by atoms with Crippen molar-refractivity contribution in [3.8, 4) is 5.69 Å². The van der Waals surface area contributed by atoms with Gasteiger partial charge in [-0.15, -0.1) is 0 Å². The summed E-state index contributed by atoms with van der Waals surface area (Å²) in [6.07, 6.45) is 1.11. The Hall–Kier alpha value is -2.93. The highest BCUT2D eigenvalue weighted by Crippen LogP contribution is 2.21. The fraction of sp³-hybridized carbons (Fsp3) is 0.158. The molecule has 3 aromatic rings. The SMILES string of the molecule is Cc1cc(C)n(-c2ccc(C(=O)Nc3ccccc3S(C)(=O)=O)cc2)n1. The van der Waals surface area contributed by atoms with Crippen molar-refractivity contribution in [1.29, 1.82) is 0 Å². The van der Waals surface area contributed by atoms with Gasteiger partial charge in [0.15, 0.2) is 9.84 Å². The molecule has 0 fully saturated rings. The first-order valence-electron chi connectivity index (χ1n) is 8.00. The van der Waals surface area contributed by atoms with Crippen molar-refractivity contribution in [3.05, 3.63) is 71.5 Å². The highest BCUT2D eigenvalue weighted by atomic mass is 32.2. The third-order valence-corrected chi connectivity index (χ3v) is 5.07. The number of rotatable bonds is 4. The van der Waals surface area contributed by atoms with Crippen molar-refractivity contribution in [2.24, 2.45) is 0 Å². The molecule has 6 nitrogen and oxygen atoms in total. The number of benzene rings is 2. The number of hydrogen-bond donors (Lipinski definition) is 1. The van der Waals surface area contributed by atoms with E-state index in [0.717, 1.165) is 23.3 Å². The minimum absolute atomic E-state index is 0.0904. The Morgan fingerprint density at radius 1 is 1.04 bits per heavy atom. The molecule has 0 aliphatic carbocycles. The zero-order valence-electron chi connectivity index (χ0n) is 14.7. The fourth-order valence-electron chi connectivity index (χ4n) is 2.73. The molecule has 1 amide bonds. The topological polar surface area (TPSA) is 81.1 Å². The van der Waals surface area contributed by atoms with E-state index >= 15 is 0 Å². The molecule has 0 aliphatic rings. The van der Waals surface area contributed by atoms with Gasteiger partial charge in [-0.25, -0.2) is 13.1 Å². The van der Waals surface area contributed by atoms with Gasteiger partial charge in [0.25, 0.3) is 5.91 Å². The number of carbonyl (C=O) groups is 1. The second-order valence-corrected chi connectivity index (χ2v) is 8.09. The van der Waals surface area contributed by atoms with Gasteiger partial charge in [0.05, 0.1) is 22.0 Å². The van der Waals surface area contributed by atoms with E-state index in [4.69, 9.17) is 0 Å². The monoisotopic (exact) mass is 369 g/mol. The largest absolute Gasteiger partial charge is 0.321 e. The second-order valence-electron chi connectivity index (χ2n) is 6.11. The summed E-state index contributed by atoms with van der Waals surface area (Å²) in [5.41, 5.74) is 3.47. The van der Waals surface area contributed by atoms with Crippen LogP contribution in [0.4, 0.5) is 5.69 Å². The maximum Gasteiger partial charge on any atom is 0.255 e. The number of aryl methyl sites for hydroxylation is 2. The standard InChI is InChI=1S/C19H19N3O3S/c1-13-12-14(2)22(21-13)16-10-8-15(9-11-16)19(23)20-17-6-4-5-7-18(17)26(3,24)25/h4-12H,1-3H3,(H,20,23). The van der Waals surface area contributed by atoms with Gasteiger partial charge in [-0.1, -0.05) is 12.1 Å². The minimum atomic E-state index is -3.43. The Balaban J connectivity index is 1.85. The van der Waals surface area contributed by atoms with Gasteiger partial charge in [0, 0.05) is 17.5 Å². The van der Waals surface area contributed by atoms with Crippen molar-refractivity contribution < 1.29 is 13.2 Å². The third kappa shape index (κ3) is 3.67. The number of nitrogens with zero attached hydrogens (tertiary/aromatic N) is 2. The molecule has 0 aliphatic heterocycles. The van der Waals surface area contributed by atoms with Crippen molar-refractivity contribution >= 4 is 21.4 Å². The second kappa shape index (κ2) is 6.76. The van der Waals surface area contributed by atoms with E-state index in [1.165, 1.54) is 6.07 Å². The van der Waals surface area contributed by atoms with Crippen LogP contribution in [0.1, 0.15) is 21.7 Å². The van der Waals surface area contributed by atoms with Crippen LogP contribution < -0.4 is 5.32 Å². The molecular formula is C19H19N3O3S. The maximum atomic E-state index is 12.5. The van der Waals surface area contributed by atoms with E-state index in [0.29, 0.717) is 5.56 Å². The number of aromatic nitrogens is 2. The van der Waals surface area contributed by atoms with Crippen LogP contribution in [-0.4, -0.2) is 30.4 Å². The molecule has 3 rings (SSSR count). The molecule has 1 aromatic heterocycles. The third-order valence-electron chi connectivity index (χ3n) is 3.92. The number of carbonyl (C=O) groups excluding carboxylic acids is 1. The first-order valence-corrected chi connectivity index (χ1v) is 9.89. The van der Waals surface area contributed by atoms with Crippen LogP contribution in [0.3, 0.4) is 0 Å². The summed E-state index contributed by atoms with van der Waals surface area (Å²) in [5, 5.41) is 7.08. The van der Waals surface area contributed by atoms with Crippen LogP contribution in [0, 0.1) is 13.8 Å². The number of hydrogen-bond acceptors (Lipinski definition) is 4. The van der Waals surface area contributed by atoms with Crippen LogP contribution in [0.2, 0.25) is 0 Å². The number of anilines is 1. The van der Waals surface area contributed by atoms with E-state index in [9.17, 15) is 13.2 Å². The van der Waals surface area contributed by atoms with E-state index in [1.807, 2.05) is 19.9 Å². The Morgan fingerprint density at radius 2 is 1.69 bits per heavy atom. The van der Waals surface area contributed by atoms with E-state index in [2.05, 4.69) is 10.4 Å². The number of nitrogens with one attached hydrogen (secondary N) is 1. The average molecular weight is 369 g/mol. The normalized spacial score (nSPS) is 11.3. The highest BCUT2D eigenvalue weighted by Gasteiger charge is 2.15. The molecule has 7 heteroatoms. The smallest absolute Gasteiger partial charge is 0.255 e. The molecule has 0 saturated carbocycles. The van der Waals surface area contributed by atoms with Crippen LogP contribution in [-0.2, 0) is 9.84 Å². The highest BCUT2D eigenvalue weighted by molar-refractivity contribution is 7.90. The summed E-state index contributed by atoms with van der Waals surface area (Å²) in [7, 11) is -3.43. The van der Waals surface area contributed by atoms with Crippen molar-refractivity contribution in [3.63, 3.8) is 0 Å². The molecular weight excluding hydrogens is 350 g/mol. The molecule has 0 bridgehead atoms. The number of para-hydroxylation sites is 1. The summed E-state index contributed by atoms with van der Waals surface area (Å²) in [4.78, 5) is 12.6. The van der Waals surface area contributed by atoms with Crippen LogP contribution in [0.15, 0.2) is 59.5 Å². The molecule has 134 valence electrons. The van der Waals surface area contributed by atoms with E-state index in [-0.39, 0.29) is 16.5 Å². The lowest BCUT2D eigenvalue weighted by Crippen LogP contribution is -2.14. The first kappa shape index (κ1) is 17.9. The number of sulfone groups is 1. The lowest BCUT2D eigenvalue weighted by Gasteiger charge is -2.10. The average Bonchev–Trinajstić information content (AvgIpc) is 2.93. The summed E-state index contributed by atoms with van der Waals surface area (Å²) in [6.45, 7) is 3.88. The predicted molar refractivity (Wildman–Crippen MR) is 101 cm³/mol. The van der Waals surface area contributed by atoms with Gasteiger partial charge in [0.1, 0.15) is 0 Å². The van der Waals surface area contributed by atoms with Crippen molar-refractivity contribution in [2.75, 3.05) is 11.6 Å². The quantitative estimate of drug-likeness (QED) is 0.766. The van der Waals surface area contributed by atoms with Crippen LogP contribution in [0.5, 0.6) is 0 Å². The number of amides is 1. The summed E-state index contributed by atoms with van der Waals surface area (Å²) in [6, 6.07) is 15.3. The van der Waals surface area contributed by atoms with Gasteiger partial charge in [-0.05, 0) is 56.3 Å². The molecule has 0 atom stereocenters. The van der Waals surface area contributed by atoms with Crippen molar-refractivity contribution in [2.45, 2.75) is 18.7 Å². The summed E-state index contributed by atoms with van der Waals surface area (Å²) < 4.78 is 25.5. The Bertz CT molecular complexity index is 1070. The zero-order chi connectivity index (χ0) is 18.9. The van der Waals surface area contributed by atoms with Gasteiger partial charge < -0.3 is 5.32 Å². The Kier molecular flexibility index (Phi) is 4.65. The molecule has 1 heterocycles. The maximum absolute atomic E-state index is 12.5. The molecule has 26 heavy (non-hydrogen) atoms. The molecule has 1 N–H and O–H groups in total. The van der Waals surface area contributed by atoms with Crippen LogP contribution >= 0.6 is 0 Å². The first-order chi connectivity index (χ1) is 12.3. The Labute approximate surface area is 152 Å². The van der Waals surface area contributed by atoms with Crippen molar-refractivity contribution in [1.82, 2.24) is 9.78 Å². The zero-order valence-corrected chi connectivity index (χ0v) is 15.5. The molecule has 0 saturated heterocycles. The van der Waals surface area contributed by atoms with Gasteiger partial charge in [0.2, 0.25) is 0 Å². The van der Waals surface area contributed by atoms with Gasteiger partial charge in [-0.3, -0.25) is 4.79 Å². The molecule has 0 radical (unpaired) electrons. The fourth-order valence-corrected chi connectivity index (χ4v) is 3.58. The Morgan fingerprint density at radius 3 is 2.27 bits per heavy atom. The van der Waals surface area contributed by atoms with Crippen LogP contribution in [0.25, 0.3) is 5.69 Å². The van der Waals surface area contributed by atoms with Gasteiger partial charge >= 0.3 is 0 Å².